The molecule has 0 spiro atoms. The first-order chi connectivity index (χ1) is 11.6. The molecule has 0 bridgehead atoms. The highest BCUT2D eigenvalue weighted by molar-refractivity contribution is 7.09. The molecule has 1 aromatic carbocycles. The van der Waals surface area contributed by atoms with Crippen LogP contribution in [0, 0.1) is 5.92 Å². The number of carbonyl (C=O) groups is 2. The van der Waals surface area contributed by atoms with Gasteiger partial charge in [0.15, 0.2) is 0 Å². The third-order valence-electron chi connectivity index (χ3n) is 4.25. The van der Waals surface area contributed by atoms with E-state index in [9.17, 15) is 9.59 Å². The number of piperidine rings is 1. The topological polar surface area (TPSA) is 70.5 Å². The van der Waals surface area contributed by atoms with Crippen molar-refractivity contribution in [2.24, 2.45) is 5.92 Å². The lowest BCUT2D eigenvalue weighted by atomic mass is 9.98. The van der Waals surface area contributed by atoms with E-state index in [1.807, 2.05) is 23.6 Å². The van der Waals surface area contributed by atoms with Gasteiger partial charge in [-0.1, -0.05) is 30.3 Å². The number of rotatable bonds is 5. The lowest BCUT2D eigenvalue weighted by molar-refractivity contribution is -0.145. The lowest BCUT2D eigenvalue weighted by Gasteiger charge is -2.30. The molecule has 1 saturated heterocycles. The van der Waals surface area contributed by atoms with Crippen LogP contribution in [0.1, 0.15) is 29.1 Å². The maximum absolute atomic E-state index is 12.4. The highest BCUT2D eigenvalue weighted by Gasteiger charge is 2.28. The van der Waals surface area contributed by atoms with Crippen molar-refractivity contribution in [3.05, 3.63) is 52.0 Å². The van der Waals surface area contributed by atoms with Crippen molar-refractivity contribution in [1.29, 1.82) is 0 Å². The van der Waals surface area contributed by atoms with Gasteiger partial charge in [0, 0.05) is 24.9 Å². The molecule has 1 fully saturated rings. The second kappa shape index (κ2) is 7.57. The molecule has 126 valence electrons. The fourth-order valence-electron chi connectivity index (χ4n) is 2.95. The Balaban J connectivity index is 1.58. The monoisotopic (exact) mass is 344 g/mol. The molecule has 0 radical (unpaired) electrons. The van der Waals surface area contributed by atoms with Gasteiger partial charge in [0.05, 0.1) is 23.0 Å². The second-order valence-corrected chi connectivity index (χ2v) is 7.03. The van der Waals surface area contributed by atoms with Gasteiger partial charge in [0.25, 0.3) is 0 Å². The standard InChI is InChI=1S/C18H20N2O3S/c21-17(20-8-4-7-14(11-20)18(22)23)10-15-12-24-16(19-15)9-13-5-2-1-3-6-13/h1-3,5-6,12,14H,4,7-11H2,(H,22,23). The van der Waals surface area contributed by atoms with E-state index in [0.29, 0.717) is 19.5 Å². The number of hydrogen-bond donors (Lipinski definition) is 1. The summed E-state index contributed by atoms with van der Waals surface area (Å²) in [6, 6.07) is 10.1. The van der Waals surface area contributed by atoms with Crippen molar-refractivity contribution in [1.82, 2.24) is 9.88 Å². The van der Waals surface area contributed by atoms with E-state index in [4.69, 9.17) is 5.11 Å². The summed E-state index contributed by atoms with van der Waals surface area (Å²) >= 11 is 1.56. The lowest BCUT2D eigenvalue weighted by Crippen LogP contribution is -2.43. The first-order valence-electron chi connectivity index (χ1n) is 8.09. The predicted molar refractivity (Wildman–Crippen MR) is 92.0 cm³/mol. The van der Waals surface area contributed by atoms with Gasteiger partial charge in [-0.15, -0.1) is 11.3 Å². The molecule has 24 heavy (non-hydrogen) atoms. The van der Waals surface area contributed by atoms with E-state index < -0.39 is 11.9 Å². The van der Waals surface area contributed by atoms with Crippen molar-refractivity contribution in [2.75, 3.05) is 13.1 Å². The van der Waals surface area contributed by atoms with Gasteiger partial charge in [0.2, 0.25) is 5.91 Å². The molecule has 0 saturated carbocycles. The van der Waals surface area contributed by atoms with Crippen LogP contribution in [0.4, 0.5) is 0 Å². The summed E-state index contributed by atoms with van der Waals surface area (Å²) in [7, 11) is 0. The highest BCUT2D eigenvalue weighted by atomic mass is 32.1. The summed E-state index contributed by atoms with van der Waals surface area (Å²) in [6.07, 6.45) is 2.41. The average molecular weight is 344 g/mol. The molecule has 2 aromatic rings. The fourth-order valence-corrected chi connectivity index (χ4v) is 3.78. The molecule has 1 aliphatic rings. The molecular formula is C18H20N2O3S. The quantitative estimate of drug-likeness (QED) is 0.905. The molecule has 3 rings (SSSR count). The first kappa shape index (κ1) is 16.6. The van der Waals surface area contributed by atoms with E-state index in [2.05, 4.69) is 17.1 Å². The molecule has 1 aliphatic heterocycles. The zero-order valence-electron chi connectivity index (χ0n) is 13.4. The van der Waals surface area contributed by atoms with Gasteiger partial charge in [-0.25, -0.2) is 4.98 Å². The molecule has 2 heterocycles. The van der Waals surface area contributed by atoms with Crippen LogP contribution in [0.5, 0.6) is 0 Å². The number of benzene rings is 1. The number of carboxylic acid groups (broad SMARTS) is 1. The van der Waals surface area contributed by atoms with E-state index in [-0.39, 0.29) is 12.3 Å². The van der Waals surface area contributed by atoms with Crippen LogP contribution in [0.25, 0.3) is 0 Å². The van der Waals surface area contributed by atoms with Gasteiger partial charge < -0.3 is 10.0 Å². The Bertz CT molecular complexity index is 714. The Morgan fingerprint density at radius 3 is 2.83 bits per heavy atom. The van der Waals surface area contributed by atoms with Gasteiger partial charge in [-0.2, -0.15) is 0 Å². The smallest absolute Gasteiger partial charge is 0.308 e. The number of carbonyl (C=O) groups excluding carboxylic acids is 1. The number of nitrogens with zero attached hydrogens (tertiary/aromatic N) is 2. The van der Waals surface area contributed by atoms with Crippen LogP contribution in [0.15, 0.2) is 35.7 Å². The van der Waals surface area contributed by atoms with Crippen molar-refractivity contribution >= 4 is 23.2 Å². The second-order valence-electron chi connectivity index (χ2n) is 6.09. The number of amides is 1. The van der Waals surface area contributed by atoms with E-state index in [1.165, 1.54) is 5.56 Å². The molecule has 1 unspecified atom stereocenters. The summed E-state index contributed by atoms with van der Waals surface area (Å²) in [4.78, 5) is 29.7. The molecule has 6 heteroatoms. The third kappa shape index (κ3) is 4.20. The molecule has 1 aromatic heterocycles. The number of aliphatic carboxylic acids is 1. The minimum Gasteiger partial charge on any atom is -0.481 e. The number of thiazole rings is 1. The molecule has 5 nitrogen and oxygen atoms in total. The van der Waals surface area contributed by atoms with Crippen LogP contribution >= 0.6 is 11.3 Å². The van der Waals surface area contributed by atoms with Crippen LogP contribution in [-0.2, 0) is 22.4 Å². The summed E-state index contributed by atoms with van der Waals surface area (Å²) in [5, 5.41) is 12.0. The van der Waals surface area contributed by atoms with E-state index >= 15 is 0 Å². The van der Waals surface area contributed by atoms with E-state index in [0.717, 1.165) is 23.5 Å². The first-order valence-corrected chi connectivity index (χ1v) is 8.97. The van der Waals surface area contributed by atoms with Gasteiger partial charge in [-0.05, 0) is 18.4 Å². The SMILES string of the molecule is O=C(O)C1CCCN(C(=O)Cc2csc(Cc3ccccc3)n2)C1. The number of likely N-dealkylation sites (tertiary alicyclic amines) is 1. The Kier molecular flexibility index (Phi) is 5.25. The van der Waals surface area contributed by atoms with Gasteiger partial charge in [-0.3, -0.25) is 9.59 Å². The Labute approximate surface area is 145 Å². The largest absolute Gasteiger partial charge is 0.481 e. The minimum atomic E-state index is -0.814. The molecule has 1 atom stereocenters. The van der Waals surface area contributed by atoms with Gasteiger partial charge >= 0.3 is 5.97 Å². The van der Waals surface area contributed by atoms with E-state index in [1.54, 1.807) is 16.2 Å². The molecule has 1 amide bonds. The van der Waals surface area contributed by atoms with Crippen molar-refractivity contribution in [2.45, 2.75) is 25.7 Å². The molecular weight excluding hydrogens is 324 g/mol. The third-order valence-corrected chi connectivity index (χ3v) is 5.15. The summed E-state index contributed by atoms with van der Waals surface area (Å²) < 4.78 is 0. The Morgan fingerprint density at radius 1 is 1.29 bits per heavy atom. The van der Waals surface area contributed by atoms with Crippen molar-refractivity contribution < 1.29 is 14.7 Å². The zero-order chi connectivity index (χ0) is 16.9. The number of carboxylic acids is 1. The highest BCUT2D eigenvalue weighted by Crippen LogP contribution is 2.19. The van der Waals surface area contributed by atoms with Crippen molar-refractivity contribution in [3.63, 3.8) is 0 Å². The van der Waals surface area contributed by atoms with Crippen LogP contribution < -0.4 is 0 Å². The number of hydrogen-bond acceptors (Lipinski definition) is 4. The Morgan fingerprint density at radius 2 is 2.08 bits per heavy atom. The predicted octanol–water partition coefficient (Wildman–Crippen LogP) is 2.60. The van der Waals surface area contributed by atoms with Crippen LogP contribution in [0.2, 0.25) is 0 Å². The molecule has 0 aliphatic carbocycles. The summed E-state index contributed by atoms with van der Waals surface area (Å²) in [6.45, 7) is 0.957. The fraction of sp³-hybridized carbons (Fsp3) is 0.389. The Hall–Kier alpha value is -2.21. The van der Waals surface area contributed by atoms with Crippen molar-refractivity contribution in [3.8, 4) is 0 Å². The summed E-state index contributed by atoms with van der Waals surface area (Å²) in [5.41, 5.74) is 1.97. The molecule has 1 N–H and O–H groups in total. The zero-order valence-corrected chi connectivity index (χ0v) is 14.2. The maximum Gasteiger partial charge on any atom is 0.308 e. The minimum absolute atomic E-state index is 0.0301. The number of aromatic nitrogens is 1. The average Bonchev–Trinajstić information content (AvgIpc) is 3.02. The van der Waals surface area contributed by atoms with Crippen LogP contribution in [0.3, 0.4) is 0 Å². The summed E-state index contributed by atoms with van der Waals surface area (Å²) in [5.74, 6) is -1.28. The van der Waals surface area contributed by atoms with Gasteiger partial charge in [0.1, 0.15) is 0 Å². The maximum atomic E-state index is 12.4. The normalized spacial score (nSPS) is 17.7. The van der Waals surface area contributed by atoms with Crippen LogP contribution in [-0.4, -0.2) is 40.0 Å².